The summed E-state index contributed by atoms with van der Waals surface area (Å²) in [4.78, 5) is 24.7. The number of unbranched alkanes of at least 4 members (excludes halogenated alkanes) is 7. The molecule has 1 aliphatic rings. The summed E-state index contributed by atoms with van der Waals surface area (Å²) in [5.74, 6) is 0.248. The Bertz CT molecular complexity index is 364. The fraction of sp³-hybridized carbons (Fsp3) is 0.905. The molecule has 3 nitrogen and oxygen atoms in total. The number of methoxy groups -OCH3 is 1. The lowest BCUT2D eigenvalue weighted by molar-refractivity contribution is -0.150. The molecular formula is C21H38O3. The zero-order valence-electron chi connectivity index (χ0n) is 16.1. The minimum absolute atomic E-state index is 0.0788. The maximum atomic E-state index is 12.4. The summed E-state index contributed by atoms with van der Waals surface area (Å²) >= 11 is 0. The third kappa shape index (κ3) is 6.94. The van der Waals surface area contributed by atoms with Crippen molar-refractivity contribution in [3.05, 3.63) is 0 Å². The van der Waals surface area contributed by atoms with Crippen LogP contribution < -0.4 is 0 Å². The molecule has 1 aliphatic carbocycles. The Morgan fingerprint density at radius 3 is 2.33 bits per heavy atom. The molecule has 0 aromatic rings. The van der Waals surface area contributed by atoms with Crippen LogP contribution >= 0.6 is 0 Å². The first-order valence-electron chi connectivity index (χ1n) is 10.3. The van der Waals surface area contributed by atoms with Crippen LogP contribution in [0.1, 0.15) is 97.3 Å². The van der Waals surface area contributed by atoms with Crippen molar-refractivity contribution in [1.82, 2.24) is 0 Å². The van der Waals surface area contributed by atoms with Crippen LogP contribution in [0.2, 0.25) is 0 Å². The second kappa shape index (κ2) is 12.5. The number of ketones is 1. The minimum Gasteiger partial charge on any atom is -0.469 e. The molecule has 1 saturated carbocycles. The van der Waals surface area contributed by atoms with Crippen LogP contribution in [0.5, 0.6) is 0 Å². The van der Waals surface area contributed by atoms with Crippen LogP contribution in [0, 0.1) is 17.8 Å². The van der Waals surface area contributed by atoms with Crippen LogP contribution in [-0.2, 0) is 14.3 Å². The topological polar surface area (TPSA) is 43.4 Å². The van der Waals surface area contributed by atoms with Crippen LogP contribution in [0.4, 0.5) is 0 Å². The molecule has 1 fully saturated rings. The molecule has 0 aromatic carbocycles. The van der Waals surface area contributed by atoms with E-state index in [-0.39, 0.29) is 17.8 Å². The Morgan fingerprint density at radius 1 is 1.04 bits per heavy atom. The van der Waals surface area contributed by atoms with Crippen molar-refractivity contribution in [2.45, 2.75) is 97.3 Å². The Labute approximate surface area is 148 Å². The van der Waals surface area contributed by atoms with Gasteiger partial charge in [-0.1, -0.05) is 71.6 Å². The third-order valence-corrected chi connectivity index (χ3v) is 5.63. The van der Waals surface area contributed by atoms with Crippen molar-refractivity contribution in [3.63, 3.8) is 0 Å². The molecule has 3 unspecified atom stereocenters. The van der Waals surface area contributed by atoms with Gasteiger partial charge in [0.1, 0.15) is 5.78 Å². The highest BCUT2D eigenvalue weighted by Crippen LogP contribution is 2.40. The standard InChI is InChI=1S/C21H38O3/c1-4-6-8-9-10-12-13-17-15-16-19(22)20(17)18(21(23)24-3)14-11-7-5-2/h17-18,20H,4-16H2,1-3H3. The fourth-order valence-electron chi connectivity index (χ4n) is 4.21. The van der Waals surface area contributed by atoms with Crippen LogP contribution in [0.25, 0.3) is 0 Å². The molecule has 3 atom stereocenters. The van der Waals surface area contributed by atoms with Crippen LogP contribution in [0.15, 0.2) is 0 Å². The van der Waals surface area contributed by atoms with Gasteiger partial charge in [0.25, 0.3) is 0 Å². The van der Waals surface area contributed by atoms with E-state index in [1.165, 1.54) is 45.6 Å². The number of esters is 1. The maximum absolute atomic E-state index is 12.4. The molecular weight excluding hydrogens is 300 g/mol. The molecule has 3 heteroatoms. The molecule has 0 amide bonds. The van der Waals surface area contributed by atoms with Crippen molar-refractivity contribution in [3.8, 4) is 0 Å². The van der Waals surface area contributed by atoms with E-state index in [4.69, 9.17) is 4.74 Å². The summed E-state index contributed by atoms with van der Waals surface area (Å²) in [6, 6.07) is 0. The first kappa shape index (κ1) is 21.2. The lowest BCUT2D eigenvalue weighted by atomic mass is 9.78. The Morgan fingerprint density at radius 2 is 1.67 bits per heavy atom. The second-order valence-corrected chi connectivity index (χ2v) is 7.47. The number of ether oxygens (including phenoxy) is 1. The van der Waals surface area contributed by atoms with E-state index in [1.54, 1.807) is 0 Å². The lowest BCUT2D eigenvalue weighted by Gasteiger charge is -2.26. The molecule has 24 heavy (non-hydrogen) atoms. The Hall–Kier alpha value is -0.860. The van der Waals surface area contributed by atoms with Gasteiger partial charge in [-0.25, -0.2) is 0 Å². The monoisotopic (exact) mass is 338 g/mol. The number of Topliss-reactive ketones (excluding diaryl/α,β-unsaturated/α-hetero) is 1. The first-order chi connectivity index (χ1) is 11.7. The lowest BCUT2D eigenvalue weighted by Crippen LogP contribution is -2.32. The average molecular weight is 339 g/mol. The second-order valence-electron chi connectivity index (χ2n) is 7.47. The zero-order valence-corrected chi connectivity index (χ0v) is 16.1. The highest BCUT2D eigenvalue weighted by Gasteiger charge is 2.42. The molecule has 0 bridgehead atoms. The van der Waals surface area contributed by atoms with Crippen molar-refractivity contribution in [1.29, 1.82) is 0 Å². The summed E-state index contributed by atoms with van der Waals surface area (Å²) in [6.45, 7) is 4.40. The highest BCUT2D eigenvalue weighted by atomic mass is 16.5. The summed E-state index contributed by atoms with van der Waals surface area (Å²) in [6.07, 6.45) is 14.5. The summed E-state index contributed by atoms with van der Waals surface area (Å²) in [5, 5.41) is 0. The highest BCUT2D eigenvalue weighted by molar-refractivity contribution is 5.88. The molecule has 1 rings (SSSR count). The van der Waals surface area contributed by atoms with Gasteiger partial charge >= 0.3 is 5.97 Å². The maximum Gasteiger partial charge on any atom is 0.309 e. The molecule has 0 N–H and O–H groups in total. The number of carbonyl (C=O) groups is 2. The van der Waals surface area contributed by atoms with Gasteiger partial charge in [-0.2, -0.15) is 0 Å². The predicted molar refractivity (Wildman–Crippen MR) is 98.9 cm³/mol. The number of carbonyl (C=O) groups excluding carboxylic acids is 2. The molecule has 0 aliphatic heterocycles. The number of rotatable bonds is 13. The van der Waals surface area contributed by atoms with Crippen molar-refractivity contribution in [2.75, 3.05) is 7.11 Å². The summed E-state index contributed by atoms with van der Waals surface area (Å²) < 4.78 is 5.03. The predicted octanol–water partition coefficient (Wildman–Crippen LogP) is 5.70. The molecule has 140 valence electrons. The van der Waals surface area contributed by atoms with Gasteiger partial charge in [0, 0.05) is 12.3 Å². The van der Waals surface area contributed by atoms with Gasteiger partial charge in [-0.05, 0) is 25.2 Å². The average Bonchev–Trinajstić information content (AvgIpc) is 2.95. The Kier molecular flexibility index (Phi) is 11.0. The quantitative estimate of drug-likeness (QED) is 0.319. The van der Waals surface area contributed by atoms with E-state index >= 15 is 0 Å². The van der Waals surface area contributed by atoms with E-state index in [0.29, 0.717) is 18.1 Å². The third-order valence-electron chi connectivity index (χ3n) is 5.63. The molecule has 0 spiro atoms. The molecule has 0 heterocycles. The van der Waals surface area contributed by atoms with Crippen LogP contribution in [-0.4, -0.2) is 18.9 Å². The van der Waals surface area contributed by atoms with Gasteiger partial charge in [0.05, 0.1) is 13.0 Å². The first-order valence-corrected chi connectivity index (χ1v) is 10.3. The molecule has 0 radical (unpaired) electrons. The van der Waals surface area contributed by atoms with E-state index in [9.17, 15) is 9.59 Å². The minimum atomic E-state index is -0.207. The Balaban J connectivity index is 2.54. The zero-order chi connectivity index (χ0) is 17.8. The number of hydrogen-bond donors (Lipinski definition) is 0. The van der Waals surface area contributed by atoms with E-state index in [0.717, 1.165) is 38.5 Å². The van der Waals surface area contributed by atoms with Gasteiger partial charge in [0.15, 0.2) is 0 Å². The van der Waals surface area contributed by atoms with Crippen LogP contribution in [0.3, 0.4) is 0 Å². The summed E-state index contributed by atoms with van der Waals surface area (Å²) in [7, 11) is 1.46. The smallest absolute Gasteiger partial charge is 0.309 e. The largest absolute Gasteiger partial charge is 0.469 e. The van der Waals surface area contributed by atoms with E-state index < -0.39 is 0 Å². The van der Waals surface area contributed by atoms with Crippen molar-refractivity contribution in [2.24, 2.45) is 17.8 Å². The fourth-order valence-corrected chi connectivity index (χ4v) is 4.21. The van der Waals surface area contributed by atoms with Crippen molar-refractivity contribution < 1.29 is 14.3 Å². The van der Waals surface area contributed by atoms with Crippen molar-refractivity contribution >= 4 is 11.8 Å². The molecule has 0 saturated heterocycles. The van der Waals surface area contributed by atoms with E-state index in [1.807, 2.05) is 0 Å². The van der Waals surface area contributed by atoms with Gasteiger partial charge in [0.2, 0.25) is 0 Å². The van der Waals surface area contributed by atoms with Gasteiger partial charge < -0.3 is 4.74 Å². The normalized spacial score (nSPS) is 21.9. The SMILES string of the molecule is CCCCCCCCC1CCC(=O)C1C(CCCCC)C(=O)OC. The summed E-state index contributed by atoms with van der Waals surface area (Å²) in [5.41, 5.74) is 0. The molecule has 0 aromatic heterocycles. The van der Waals surface area contributed by atoms with Gasteiger partial charge in [-0.15, -0.1) is 0 Å². The van der Waals surface area contributed by atoms with E-state index in [2.05, 4.69) is 13.8 Å². The number of hydrogen-bond acceptors (Lipinski definition) is 3. The van der Waals surface area contributed by atoms with Gasteiger partial charge in [-0.3, -0.25) is 9.59 Å².